The van der Waals surface area contributed by atoms with Gasteiger partial charge < -0.3 is 19.3 Å². The third-order valence-electron chi connectivity index (χ3n) is 9.77. The zero-order chi connectivity index (χ0) is 32.4. The SMILES string of the molecule is CCCCCOc1ccc(C(=O)C(CCC(CN2CCCCC2)C(=O)c2ccc(OCCCCC)cc2)CN2CCCCC2)cc1. The number of likely N-dealkylation sites (tertiary alicyclic amines) is 2. The molecule has 46 heavy (non-hydrogen) atoms. The molecule has 0 bridgehead atoms. The minimum absolute atomic E-state index is 0.134. The highest BCUT2D eigenvalue weighted by Gasteiger charge is 2.29. The van der Waals surface area contributed by atoms with Crippen LogP contribution in [0.25, 0.3) is 0 Å². The largest absolute Gasteiger partial charge is 0.494 e. The highest BCUT2D eigenvalue weighted by Crippen LogP contribution is 2.26. The lowest BCUT2D eigenvalue weighted by Gasteiger charge is -2.32. The molecule has 4 rings (SSSR count). The van der Waals surface area contributed by atoms with Crippen molar-refractivity contribution in [3.8, 4) is 11.5 Å². The lowest BCUT2D eigenvalue weighted by atomic mass is 9.85. The second-order valence-corrected chi connectivity index (χ2v) is 13.6. The van der Waals surface area contributed by atoms with Crippen molar-refractivity contribution in [3.63, 3.8) is 0 Å². The van der Waals surface area contributed by atoms with Gasteiger partial charge in [-0.3, -0.25) is 9.59 Å². The fourth-order valence-corrected chi connectivity index (χ4v) is 6.91. The van der Waals surface area contributed by atoms with Crippen LogP contribution in [0.2, 0.25) is 0 Å². The monoisotopic (exact) mass is 632 g/mol. The standard InChI is InChI=1S/C40H60N2O4/c1-3-5-13-29-45-37-21-17-33(18-22-37)39(43)35(31-41-25-9-7-10-26-41)15-16-36(32-42-27-11-8-12-28-42)40(44)34-19-23-38(24-20-34)46-30-14-6-4-2/h17-24,35-36H,3-16,25-32H2,1-2H3. The third-order valence-corrected chi connectivity index (χ3v) is 9.77. The van der Waals surface area contributed by atoms with Crippen molar-refractivity contribution in [1.29, 1.82) is 0 Å². The van der Waals surface area contributed by atoms with Gasteiger partial charge in [-0.25, -0.2) is 0 Å². The van der Waals surface area contributed by atoms with E-state index >= 15 is 0 Å². The van der Waals surface area contributed by atoms with Crippen LogP contribution in [0.15, 0.2) is 48.5 Å². The number of ether oxygens (including phenoxy) is 2. The number of nitrogens with zero attached hydrogens (tertiary/aromatic N) is 2. The summed E-state index contributed by atoms with van der Waals surface area (Å²) in [5, 5.41) is 0. The molecule has 2 fully saturated rings. The number of hydrogen-bond donors (Lipinski definition) is 0. The molecule has 254 valence electrons. The van der Waals surface area contributed by atoms with Gasteiger partial charge in [0.2, 0.25) is 0 Å². The second-order valence-electron chi connectivity index (χ2n) is 13.6. The van der Waals surface area contributed by atoms with Crippen molar-refractivity contribution < 1.29 is 19.1 Å². The van der Waals surface area contributed by atoms with Crippen LogP contribution in [-0.4, -0.2) is 73.8 Å². The van der Waals surface area contributed by atoms with Crippen molar-refractivity contribution in [2.24, 2.45) is 11.8 Å². The van der Waals surface area contributed by atoms with E-state index in [1.165, 1.54) is 51.4 Å². The first-order chi connectivity index (χ1) is 22.6. The normalized spacial score (nSPS) is 17.3. The minimum atomic E-state index is -0.134. The van der Waals surface area contributed by atoms with Crippen LogP contribution in [0.4, 0.5) is 0 Å². The van der Waals surface area contributed by atoms with Crippen molar-refractivity contribution in [1.82, 2.24) is 9.80 Å². The van der Waals surface area contributed by atoms with Gasteiger partial charge in [0.25, 0.3) is 0 Å². The number of Topliss-reactive ketones (excluding diaryl/α,β-unsaturated/α-hetero) is 2. The fraction of sp³-hybridized carbons (Fsp3) is 0.650. The Kier molecular flexibility index (Phi) is 16.1. The molecule has 2 aliphatic rings. The van der Waals surface area contributed by atoms with Gasteiger partial charge in [0.05, 0.1) is 13.2 Å². The van der Waals surface area contributed by atoms with Crippen LogP contribution in [-0.2, 0) is 0 Å². The molecule has 2 heterocycles. The molecule has 0 saturated carbocycles. The Balaban J connectivity index is 1.45. The second kappa shape index (κ2) is 20.5. The zero-order valence-electron chi connectivity index (χ0n) is 28.9. The first-order valence-corrected chi connectivity index (χ1v) is 18.6. The van der Waals surface area contributed by atoms with E-state index in [0.29, 0.717) is 26.1 Å². The van der Waals surface area contributed by atoms with Crippen LogP contribution in [0, 0.1) is 11.8 Å². The van der Waals surface area contributed by atoms with E-state index in [4.69, 9.17) is 9.47 Å². The maximum Gasteiger partial charge on any atom is 0.167 e. The Hall–Kier alpha value is -2.70. The summed E-state index contributed by atoms with van der Waals surface area (Å²) in [7, 11) is 0. The molecule has 6 heteroatoms. The molecule has 2 saturated heterocycles. The summed E-state index contributed by atoms with van der Waals surface area (Å²) >= 11 is 0. The van der Waals surface area contributed by atoms with E-state index in [0.717, 1.165) is 87.6 Å². The van der Waals surface area contributed by atoms with Crippen LogP contribution in [0.5, 0.6) is 11.5 Å². The van der Waals surface area contributed by atoms with E-state index in [1.807, 2.05) is 48.5 Å². The van der Waals surface area contributed by atoms with Crippen LogP contribution in [0.1, 0.15) is 124 Å². The van der Waals surface area contributed by atoms with E-state index in [2.05, 4.69) is 23.6 Å². The fourth-order valence-electron chi connectivity index (χ4n) is 6.91. The number of unbranched alkanes of at least 4 members (excludes halogenated alkanes) is 4. The molecule has 0 amide bonds. The van der Waals surface area contributed by atoms with Gasteiger partial charge in [-0.05, 0) is 126 Å². The summed E-state index contributed by atoms with van der Waals surface area (Å²) in [5.74, 6) is 1.76. The molecule has 2 aromatic rings. The zero-order valence-corrected chi connectivity index (χ0v) is 28.9. The van der Waals surface area contributed by atoms with E-state index in [1.54, 1.807) is 0 Å². The maximum absolute atomic E-state index is 14.1. The van der Waals surface area contributed by atoms with Gasteiger partial charge in [-0.2, -0.15) is 0 Å². The molecular formula is C40H60N2O4. The summed E-state index contributed by atoms with van der Waals surface area (Å²) < 4.78 is 11.8. The first kappa shape index (κ1) is 36.1. The Morgan fingerprint density at radius 3 is 1.28 bits per heavy atom. The molecule has 0 spiro atoms. The van der Waals surface area contributed by atoms with Gasteiger partial charge in [0.1, 0.15) is 11.5 Å². The first-order valence-electron chi connectivity index (χ1n) is 18.6. The van der Waals surface area contributed by atoms with Crippen molar-refractivity contribution >= 4 is 11.6 Å². The summed E-state index contributed by atoms with van der Waals surface area (Å²) in [6.45, 7) is 11.5. The highest BCUT2D eigenvalue weighted by molar-refractivity contribution is 5.99. The molecule has 0 aromatic heterocycles. The molecule has 2 unspecified atom stereocenters. The summed E-state index contributed by atoms with van der Waals surface area (Å²) in [5.41, 5.74) is 1.49. The number of piperidine rings is 2. The molecule has 2 aliphatic heterocycles. The molecule has 0 radical (unpaired) electrons. The number of ketones is 2. The third kappa shape index (κ3) is 12.2. The topological polar surface area (TPSA) is 59.1 Å². The Morgan fingerprint density at radius 2 is 0.935 bits per heavy atom. The average Bonchev–Trinajstić information content (AvgIpc) is 3.10. The van der Waals surface area contributed by atoms with E-state index in [-0.39, 0.29) is 23.4 Å². The summed E-state index contributed by atoms with van der Waals surface area (Å²) in [6, 6.07) is 15.5. The van der Waals surface area contributed by atoms with Gasteiger partial charge in [0.15, 0.2) is 11.6 Å². The van der Waals surface area contributed by atoms with Gasteiger partial charge in [-0.15, -0.1) is 0 Å². The molecule has 2 atom stereocenters. The molecule has 0 N–H and O–H groups in total. The quantitative estimate of drug-likeness (QED) is 0.101. The lowest BCUT2D eigenvalue weighted by Crippen LogP contribution is -2.39. The van der Waals surface area contributed by atoms with E-state index < -0.39 is 0 Å². The Labute approximate surface area is 279 Å². The van der Waals surface area contributed by atoms with Gasteiger partial charge in [0, 0.05) is 36.1 Å². The smallest absolute Gasteiger partial charge is 0.167 e. The van der Waals surface area contributed by atoms with Gasteiger partial charge >= 0.3 is 0 Å². The predicted molar refractivity (Wildman–Crippen MR) is 188 cm³/mol. The predicted octanol–water partition coefficient (Wildman–Crippen LogP) is 8.87. The molecule has 0 aliphatic carbocycles. The average molecular weight is 633 g/mol. The minimum Gasteiger partial charge on any atom is -0.494 e. The Bertz CT molecular complexity index is 1050. The van der Waals surface area contributed by atoms with Crippen LogP contribution in [0.3, 0.4) is 0 Å². The Morgan fingerprint density at radius 1 is 0.565 bits per heavy atom. The number of carbonyl (C=O) groups is 2. The summed E-state index contributed by atoms with van der Waals surface area (Å²) in [4.78, 5) is 33.1. The van der Waals surface area contributed by atoms with Crippen molar-refractivity contribution in [2.75, 3.05) is 52.5 Å². The molecule has 6 nitrogen and oxygen atoms in total. The number of benzene rings is 2. The number of carbonyl (C=O) groups excluding carboxylic acids is 2. The van der Waals surface area contributed by atoms with Crippen LogP contribution >= 0.6 is 0 Å². The van der Waals surface area contributed by atoms with Crippen molar-refractivity contribution in [2.45, 2.75) is 104 Å². The van der Waals surface area contributed by atoms with Crippen LogP contribution < -0.4 is 9.47 Å². The number of rotatable bonds is 21. The summed E-state index contributed by atoms with van der Waals surface area (Å²) in [6.07, 6.45) is 15.5. The lowest BCUT2D eigenvalue weighted by molar-refractivity contribution is 0.0793. The highest BCUT2D eigenvalue weighted by atomic mass is 16.5. The maximum atomic E-state index is 14.1. The van der Waals surface area contributed by atoms with E-state index in [9.17, 15) is 9.59 Å². The molecule has 2 aromatic carbocycles. The number of hydrogen-bond acceptors (Lipinski definition) is 6. The molecular weight excluding hydrogens is 572 g/mol. The van der Waals surface area contributed by atoms with Crippen molar-refractivity contribution in [3.05, 3.63) is 59.7 Å². The van der Waals surface area contributed by atoms with Gasteiger partial charge in [-0.1, -0.05) is 52.4 Å².